The number of hydrogen-bond acceptors (Lipinski definition) is 8. The second-order valence-electron chi connectivity index (χ2n) is 5.17. The maximum atomic E-state index is 11.6. The normalized spacial score (nSPS) is 12.6. The zero-order valence-electron chi connectivity index (χ0n) is 14.1. The summed E-state index contributed by atoms with van der Waals surface area (Å²) in [4.78, 5) is 60.1. The summed E-state index contributed by atoms with van der Waals surface area (Å²) in [6.07, 6.45) is 0.275. The van der Waals surface area contributed by atoms with E-state index in [4.69, 9.17) is 23.2 Å². The topological polar surface area (TPSA) is 105 Å². The van der Waals surface area contributed by atoms with Gasteiger partial charge in [0.15, 0.2) is 0 Å². The van der Waals surface area contributed by atoms with Crippen molar-refractivity contribution < 1.29 is 38.7 Å². The molecule has 2 aromatic rings. The predicted molar refractivity (Wildman–Crippen MR) is 95.2 cm³/mol. The minimum atomic E-state index is -0.788. The van der Waals surface area contributed by atoms with Gasteiger partial charge < -0.3 is 0 Å². The lowest BCUT2D eigenvalue weighted by Gasteiger charge is -2.05. The van der Waals surface area contributed by atoms with Gasteiger partial charge in [0, 0.05) is 10.0 Å². The van der Waals surface area contributed by atoms with Gasteiger partial charge >= 0.3 is 23.9 Å². The molecule has 1 saturated heterocycles. The predicted octanol–water partition coefficient (Wildman–Crippen LogP) is 3.70. The third-order valence-corrected chi connectivity index (χ3v) is 3.62. The summed E-state index contributed by atoms with van der Waals surface area (Å²) >= 11 is 11.4. The molecule has 0 radical (unpaired) electrons. The Labute approximate surface area is 168 Å². The van der Waals surface area contributed by atoms with E-state index in [1.807, 2.05) is 0 Å². The van der Waals surface area contributed by atoms with Crippen molar-refractivity contribution in [1.29, 1.82) is 0 Å². The molecule has 0 amide bonds. The van der Waals surface area contributed by atoms with Crippen molar-refractivity contribution >= 4 is 47.1 Å². The Hall–Kier alpha value is -3.10. The molecule has 0 aromatic heterocycles. The van der Waals surface area contributed by atoms with Crippen LogP contribution in [0.15, 0.2) is 48.5 Å². The number of carbonyl (C=O) groups is 4. The van der Waals surface area contributed by atoms with Crippen LogP contribution in [0.3, 0.4) is 0 Å². The second kappa shape index (κ2) is 10.3. The SMILES string of the molecule is O=C(OOC(=O)c1ccc(Cl)cc1)c1ccc(Cl)cc1.O=C1CCC(=O)OO1. The van der Waals surface area contributed by atoms with Crippen LogP contribution in [0.2, 0.25) is 10.0 Å². The summed E-state index contributed by atoms with van der Waals surface area (Å²) in [5.74, 6) is -2.54. The van der Waals surface area contributed by atoms with Gasteiger partial charge in [-0.05, 0) is 48.5 Å². The number of rotatable bonds is 2. The van der Waals surface area contributed by atoms with Crippen molar-refractivity contribution in [2.45, 2.75) is 12.8 Å². The Kier molecular flexibility index (Phi) is 7.79. The fourth-order valence-electron chi connectivity index (χ4n) is 1.72. The first-order valence-electron chi connectivity index (χ1n) is 7.69. The van der Waals surface area contributed by atoms with Gasteiger partial charge in [-0.2, -0.15) is 0 Å². The maximum absolute atomic E-state index is 11.6. The Morgan fingerprint density at radius 2 is 1.00 bits per heavy atom. The van der Waals surface area contributed by atoms with Crippen LogP contribution in [0, 0.1) is 0 Å². The Morgan fingerprint density at radius 3 is 1.29 bits per heavy atom. The van der Waals surface area contributed by atoms with Gasteiger partial charge in [0.2, 0.25) is 0 Å². The molecule has 1 heterocycles. The second-order valence-corrected chi connectivity index (χ2v) is 6.04. The molecular formula is C18H12Cl2O8. The molecule has 146 valence electrons. The van der Waals surface area contributed by atoms with E-state index in [2.05, 4.69) is 19.6 Å². The van der Waals surface area contributed by atoms with E-state index in [0.29, 0.717) is 10.0 Å². The molecule has 0 spiro atoms. The van der Waals surface area contributed by atoms with Crippen LogP contribution in [-0.4, -0.2) is 23.9 Å². The Morgan fingerprint density at radius 1 is 0.679 bits per heavy atom. The monoisotopic (exact) mass is 426 g/mol. The van der Waals surface area contributed by atoms with Crippen molar-refractivity contribution in [3.63, 3.8) is 0 Å². The van der Waals surface area contributed by atoms with Crippen molar-refractivity contribution in [2.24, 2.45) is 0 Å². The van der Waals surface area contributed by atoms with Crippen molar-refractivity contribution in [3.8, 4) is 0 Å². The molecule has 0 unspecified atom stereocenters. The fourth-order valence-corrected chi connectivity index (χ4v) is 1.98. The van der Waals surface area contributed by atoms with E-state index in [0.717, 1.165) is 0 Å². The summed E-state index contributed by atoms with van der Waals surface area (Å²) in [6.45, 7) is 0. The van der Waals surface area contributed by atoms with Crippen LogP contribution in [0.25, 0.3) is 0 Å². The van der Waals surface area contributed by atoms with Gasteiger partial charge in [0.25, 0.3) is 0 Å². The molecule has 8 nitrogen and oxygen atoms in total. The molecular weight excluding hydrogens is 415 g/mol. The summed E-state index contributed by atoms with van der Waals surface area (Å²) in [7, 11) is 0. The standard InChI is InChI=1S/C14H8Cl2O4.C4H4O4/c15-11-5-1-9(2-6-11)13(17)19-20-14(18)10-3-7-12(16)8-4-10;5-3-1-2-4(6)8-7-3/h1-8H;1-2H2. The molecule has 0 aliphatic carbocycles. The van der Waals surface area contributed by atoms with Crippen LogP contribution >= 0.6 is 23.2 Å². The average molecular weight is 427 g/mol. The summed E-state index contributed by atoms with van der Waals surface area (Å²) in [5.41, 5.74) is 0.441. The highest BCUT2D eigenvalue weighted by Gasteiger charge is 2.18. The van der Waals surface area contributed by atoms with Gasteiger partial charge in [-0.25, -0.2) is 38.7 Å². The van der Waals surface area contributed by atoms with Crippen molar-refractivity contribution in [3.05, 3.63) is 69.7 Å². The van der Waals surface area contributed by atoms with Gasteiger partial charge in [-0.3, -0.25) is 0 Å². The summed E-state index contributed by atoms with van der Waals surface area (Å²) < 4.78 is 0. The van der Waals surface area contributed by atoms with Gasteiger partial charge in [-0.1, -0.05) is 23.2 Å². The first-order chi connectivity index (χ1) is 13.3. The van der Waals surface area contributed by atoms with E-state index < -0.39 is 23.9 Å². The Balaban J connectivity index is 0.000000292. The first kappa shape index (κ1) is 21.2. The van der Waals surface area contributed by atoms with E-state index in [1.165, 1.54) is 48.5 Å². The van der Waals surface area contributed by atoms with Crippen LogP contribution < -0.4 is 0 Å². The van der Waals surface area contributed by atoms with Crippen LogP contribution in [0.1, 0.15) is 33.6 Å². The molecule has 3 rings (SSSR count). The first-order valence-corrected chi connectivity index (χ1v) is 8.45. The van der Waals surface area contributed by atoms with Crippen LogP contribution in [0.5, 0.6) is 0 Å². The molecule has 2 aromatic carbocycles. The zero-order valence-corrected chi connectivity index (χ0v) is 15.6. The summed E-state index contributed by atoms with van der Waals surface area (Å²) in [5, 5.41) is 0.972. The molecule has 28 heavy (non-hydrogen) atoms. The lowest BCUT2D eigenvalue weighted by atomic mass is 10.2. The molecule has 0 bridgehead atoms. The lowest BCUT2D eigenvalue weighted by Crippen LogP contribution is -2.18. The molecule has 10 heteroatoms. The highest BCUT2D eigenvalue weighted by molar-refractivity contribution is 6.31. The summed E-state index contributed by atoms with van der Waals surface area (Å²) in [6, 6.07) is 11.9. The average Bonchev–Trinajstić information content (AvgIpc) is 2.70. The fraction of sp³-hybridized carbons (Fsp3) is 0.111. The minimum absolute atomic E-state index is 0.138. The van der Waals surface area contributed by atoms with E-state index in [9.17, 15) is 19.2 Å². The quantitative estimate of drug-likeness (QED) is 0.528. The molecule has 1 fully saturated rings. The highest BCUT2D eigenvalue weighted by atomic mass is 35.5. The zero-order chi connectivity index (χ0) is 20.5. The third-order valence-electron chi connectivity index (χ3n) is 3.11. The minimum Gasteiger partial charge on any atom is -0.247 e. The number of carbonyl (C=O) groups excluding carboxylic acids is 4. The molecule has 0 atom stereocenters. The number of hydrogen-bond donors (Lipinski definition) is 0. The van der Waals surface area contributed by atoms with Gasteiger partial charge in [-0.15, -0.1) is 0 Å². The Bertz CT molecular complexity index is 777. The number of halogens is 2. The maximum Gasteiger partial charge on any atom is 0.386 e. The largest absolute Gasteiger partial charge is 0.386 e. The highest BCUT2D eigenvalue weighted by Crippen LogP contribution is 2.13. The van der Waals surface area contributed by atoms with E-state index in [1.54, 1.807) is 0 Å². The van der Waals surface area contributed by atoms with E-state index >= 15 is 0 Å². The van der Waals surface area contributed by atoms with E-state index in [-0.39, 0.29) is 24.0 Å². The third kappa shape index (κ3) is 6.90. The molecule has 1 aliphatic heterocycles. The van der Waals surface area contributed by atoms with Gasteiger partial charge in [0.1, 0.15) is 0 Å². The van der Waals surface area contributed by atoms with Crippen LogP contribution in [-0.2, 0) is 29.1 Å². The van der Waals surface area contributed by atoms with Crippen molar-refractivity contribution in [1.82, 2.24) is 0 Å². The van der Waals surface area contributed by atoms with Crippen molar-refractivity contribution in [2.75, 3.05) is 0 Å². The van der Waals surface area contributed by atoms with Crippen LogP contribution in [0.4, 0.5) is 0 Å². The number of benzene rings is 2. The lowest BCUT2D eigenvalue weighted by molar-refractivity contribution is -0.267. The molecule has 0 N–H and O–H groups in total. The van der Waals surface area contributed by atoms with Gasteiger partial charge in [0.05, 0.1) is 24.0 Å². The molecule has 0 saturated carbocycles. The molecule has 1 aliphatic rings. The smallest absolute Gasteiger partial charge is 0.247 e.